The fourth-order valence-corrected chi connectivity index (χ4v) is 8.86. The van der Waals surface area contributed by atoms with Gasteiger partial charge in [-0.1, -0.05) is 36.2 Å². The Hall–Kier alpha value is -2.93. The largest absolute Gasteiger partial charge is 0.481 e. The molecule has 1 aromatic carbocycles. The van der Waals surface area contributed by atoms with Crippen molar-refractivity contribution in [3.05, 3.63) is 58.7 Å². The molecule has 1 aromatic heterocycles. The van der Waals surface area contributed by atoms with E-state index < -0.39 is 28.1 Å². The molecule has 1 aliphatic carbocycles. The van der Waals surface area contributed by atoms with Gasteiger partial charge >= 0.3 is 6.09 Å². The van der Waals surface area contributed by atoms with E-state index in [0.717, 1.165) is 44.1 Å². The lowest BCUT2D eigenvalue weighted by atomic mass is 9.85. The summed E-state index contributed by atoms with van der Waals surface area (Å²) < 4.78 is 37.8. The van der Waals surface area contributed by atoms with Gasteiger partial charge in [-0.15, -0.1) is 0 Å². The lowest BCUT2D eigenvalue weighted by molar-refractivity contribution is -0.124. The van der Waals surface area contributed by atoms with Crippen molar-refractivity contribution in [2.45, 2.75) is 75.0 Å². The predicted octanol–water partition coefficient (Wildman–Crippen LogP) is 3.43. The van der Waals surface area contributed by atoms with Crippen molar-refractivity contribution in [3.8, 4) is 5.88 Å². The van der Waals surface area contributed by atoms with Crippen LogP contribution >= 0.6 is 11.6 Å². The molecule has 1 saturated carbocycles. The molecule has 5 rings (SSSR count). The Morgan fingerprint density at radius 3 is 2.55 bits per heavy atom. The van der Waals surface area contributed by atoms with E-state index >= 15 is 0 Å². The quantitative estimate of drug-likeness (QED) is 0.357. The van der Waals surface area contributed by atoms with Gasteiger partial charge in [0.05, 0.1) is 20.0 Å². The van der Waals surface area contributed by atoms with Gasteiger partial charge in [-0.3, -0.25) is 4.79 Å². The average Bonchev–Trinajstić information content (AvgIpc) is 3.42. The molecule has 1 unspecified atom stereocenters. The molecule has 3 N–H and O–H groups in total. The number of benzene rings is 1. The topological polar surface area (TPSA) is 139 Å². The molecule has 2 aromatic rings. The Labute approximate surface area is 264 Å². The Balaban J connectivity index is 1.34. The molecular formula is C31H42ClN5O6S. The van der Waals surface area contributed by atoms with Crippen LogP contribution in [-0.4, -0.2) is 86.9 Å². The van der Waals surface area contributed by atoms with E-state index in [1.165, 1.54) is 14.2 Å². The van der Waals surface area contributed by atoms with Gasteiger partial charge in [0.15, 0.2) is 0 Å². The number of amides is 2. The number of hydrogen-bond donors (Lipinski definition) is 3. The molecule has 7 atom stereocenters. The number of sulfonamides is 1. The van der Waals surface area contributed by atoms with Crippen molar-refractivity contribution in [1.82, 2.24) is 25.2 Å². The zero-order chi connectivity index (χ0) is 31.3. The van der Waals surface area contributed by atoms with Crippen molar-refractivity contribution in [2.75, 3.05) is 33.1 Å². The highest BCUT2D eigenvalue weighted by Crippen LogP contribution is 2.34. The smallest absolute Gasteiger partial charge is 0.407 e. The van der Waals surface area contributed by atoms with E-state index in [1.807, 2.05) is 18.2 Å². The second-order valence-corrected chi connectivity index (χ2v) is 14.4. The number of hydrogen-bond acceptors (Lipinski definition) is 8. The van der Waals surface area contributed by atoms with E-state index in [-0.39, 0.29) is 35.7 Å². The molecular weight excluding hydrogens is 606 g/mol. The van der Waals surface area contributed by atoms with Gasteiger partial charge in [0.25, 0.3) is 0 Å². The first-order chi connectivity index (χ1) is 21.2. The van der Waals surface area contributed by atoms with Gasteiger partial charge < -0.3 is 25.4 Å². The summed E-state index contributed by atoms with van der Waals surface area (Å²) in [6.45, 7) is 1.18. The molecule has 44 heavy (non-hydrogen) atoms. The molecule has 0 spiro atoms. The fourth-order valence-electron chi connectivity index (χ4n) is 6.93. The number of rotatable bonds is 10. The van der Waals surface area contributed by atoms with E-state index in [2.05, 4.69) is 20.9 Å². The van der Waals surface area contributed by atoms with E-state index in [1.54, 1.807) is 28.7 Å². The number of carbonyl (C=O) groups excluding carboxylic acids is 2. The number of fused-ring (bicyclic) bond motifs is 2. The van der Waals surface area contributed by atoms with E-state index in [9.17, 15) is 18.0 Å². The van der Waals surface area contributed by atoms with Gasteiger partial charge in [0.2, 0.25) is 21.8 Å². The number of pyridine rings is 1. The van der Waals surface area contributed by atoms with Gasteiger partial charge in [0, 0.05) is 54.4 Å². The summed E-state index contributed by atoms with van der Waals surface area (Å²) in [5, 5.41) is 10.1. The summed E-state index contributed by atoms with van der Waals surface area (Å²) in [5.74, 6) is -0.103. The van der Waals surface area contributed by atoms with Gasteiger partial charge in [0.1, 0.15) is 6.04 Å². The Kier molecular flexibility index (Phi) is 10.7. The number of carbonyl (C=O) groups is 2. The SMILES string of the molecule is COC(=O)N[C@H](C(=O)N[C@H]1CCC[C@@H]1CC[C@H]1CN[C@@H]2CCCS(=O)(=O)N1C2)[C@@H](c1ccc(Cl)cc1)c1ccc(OC)nc1. The zero-order valence-corrected chi connectivity index (χ0v) is 26.8. The monoisotopic (exact) mass is 647 g/mol. The predicted molar refractivity (Wildman–Crippen MR) is 167 cm³/mol. The van der Waals surface area contributed by atoms with Gasteiger partial charge in [-0.2, -0.15) is 4.31 Å². The highest BCUT2D eigenvalue weighted by molar-refractivity contribution is 7.89. The Bertz CT molecular complexity index is 1390. The molecule has 3 heterocycles. The number of halogens is 1. The zero-order valence-electron chi connectivity index (χ0n) is 25.2. The maximum absolute atomic E-state index is 14.1. The molecule has 11 nitrogen and oxygen atoms in total. The molecule has 0 radical (unpaired) electrons. The Morgan fingerprint density at radius 1 is 1.07 bits per heavy atom. The van der Waals surface area contributed by atoms with Crippen LogP contribution in [0.4, 0.5) is 4.79 Å². The van der Waals surface area contributed by atoms with Crippen LogP contribution in [0.15, 0.2) is 42.6 Å². The van der Waals surface area contributed by atoms with E-state index in [4.69, 9.17) is 21.1 Å². The number of nitrogens with zero attached hydrogens (tertiary/aromatic N) is 2. The Morgan fingerprint density at radius 2 is 1.84 bits per heavy atom. The summed E-state index contributed by atoms with van der Waals surface area (Å²) in [6.07, 6.45) is 6.71. The average molecular weight is 648 g/mol. The molecule has 3 fully saturated rings. The molecule has 2 aliphatic heterocycles. The second-order valence-electron chi connectivity index (χ2n) is 11.9. The summed E-state index contributed by atoms with van der Waals surface area (Å²) >= 11 is 6.18. The summed E-state index contributed by atoms with van der Waals surface area (Å²) in [6, 6.07) is 9.70. The van der Waals surface area contributed by atoms with Gasteiger partial charge in [-0.05, 0) is 67.7 Å². The maximum atomic E-state index is 14.1. The van der Waals surface area contributed by atoms with Gasteiger partial charge in [-0.25, -0.2) is 18.2 Å². The highest BCUT2D eigenvalue weighted by Gasteiger charge is 2.40. The van der Waals surface area contributed by atoms with Crippen LogP contribution in [-0.2, 0) is 19.6 Å². The lowest BCUT2D eigenvalue weighted by Crippen LogP contribution is -2.57. The molecule has 2 bridgehead atoms. The number of nitrogens with one attached hydrogen (secondary N) is 3. The summed E-state index contributed by atoms with van der Waals surface area (Å²) in [5.41, 5.74) is 1.47. The molecule has 2 saturated heterocycles. The van der Waals surface area contributed by atoms with Crippen LogP contribution < -0.4 is 20.7 Å². The lowest BCUT2D eigenvalue weighted by Gasteiger charge is -2.38. The third-order valence-electron chi connectivity index (χ3n) is 9.25. The first-order valence-corrected chi connectivity index (χ1v) is 17.3. The van der Waals surface area contributed by atoms with Crippen LogP contribution in [0.2, 0.25) is 5.02 Å². The standard InChI is InChI=1S/C31H42ClN5O6S/c1-42-27-15-11-22(17-34-27)28(21-8-12-23(32)13-9-21)29(36-31(39)43-2)30(38)35-26-7-3-5-20(26)10-14-25-18-33-24-6-4-16-44(40,41)37(25)19-24/h8-9,11-13,15,17,20,24-26,28-29,33H,3-7,10,14,16,18-19H2,1-2H3,(H,35,38)(H,36,39)/t20-,24-,25+,26+,28+,29+/m1/s1. The van der Waals surface area contributed by atoms with Crippen molar-refractivity contribution in [2.24, 2.45) is 5.92 Å². The van der Waals surface area contributed by atoms with Crippen molar-refractivity contribution in [1.29, 1.82) is 0 Å². The summed E-state index contributed by atoms with van der Waals surface area (Å²) in [4.78, 5) is 31.0. The normalized spacial score (nSPS) is 27.4. The first kappa shape index (κ1) is 32.5. The molecule has 2 amide bonds. The van der Waals surface area contributed by atoms with Crippen molar-refractivity contribution < 1.29 is 27.5 Å². The third kappa shape index (κ3) is 7.64. The number of methoxy groups -OCH3 is 2. The minimum Gasteiger partial charge on any atom is -0.481 e. The molecule has 3 aliphatic rings. The third-order valence-corrected chi connectivity index (χ3v) is 11.5. The fraction of sp³-hybridized carbons (Fsp3) is 0.581. The molecule has 13 heteroatoms. The number of ether oxygens (including phenoxy) is 2. The highest BCUT2D eigenvalue weighted by atomic mass is 35.5. The van der Waals surface area contributed by atoms with Crippen molar-refractivity contribution in [3.63, 3.8) is 0 Å². The minimum absolute atomic E-state index is 0.0862. The first-order valence-electron chi connectivity index (χ1n) is 15.3. The summed E-state index contributed by atoms with van der Waals surface area (Å²) in [7, 11) is -0.476. The van der Waals surface area contributed by atoms with Crippen LogP contribution in [0.1, 0.15) is 62.0 Å². The van der Waals surface area contributed by atoms with E-state index in [0.29, 0.717) is 36.0 Å². The van der Waals surface area contributed by atoms with Crippen LogP contribution in [0.25, 0.3) is 0 Å². The number of piperazine rings is 1. The minimum atomic E-state index is -3.26. The van der Waals surface area contributed by atoms with Crippen molar-refractivity contribution >= 4 is 33.6 Å². The second kappa shape index (κ2) is 14.4. The van der Waals surface area contributed by atoms with Crippen LogP contribution in [0.3, 0.4) is 0 Å². The van der Waals surface area contributed by atoms with Crippen LogP contribution in [0, 0.1) is 5.92 Å². The number of aromatic nitrogens is 1. The van der Waals surface area contributed by atoms with Crippen LogP contribution in [0.5, 0.6) is 5.88 Å². The molecule has 240 valence electrons. The maximum Gasteiger partial charge on any atom is 0.407 e. The number of alkyl carbamates (subject to hydrolysis) is 1.